The maximum atomic E-state index is 13.6. The van der Waals surface area contributed by atoms with Gasteiger partial charge in [0.1, 0.15) is 5.82 Å². The van der Waals surface area contributed by atoms with Crippen molar-refractivity contribution in [1.29, 1.82) is 0 Å². The molecule has 0 heterocycles. The lowest BCUT2D eigenvalue weighted by atomic mass is 9.83. The van der Waals surface area contributed by atoms with E-state index in [2.05, 4.69) is 12.2 Å². The van der Waals surface area contributed by atoms with Crippen LogP contribution in [0.5, 0.6) is 0 Å². The van der Waals surface area contributed by atoms with Crippen LogP contribution in [0.15, 0.2) is 18.2 Å². The van der Waals surface area contributed by atoms with Gasteiger partial charge in [-0.2, -0.15) is 0 Å². The summed E-state index contributed by atoms with van der Waals surface area (Å²) in [6.07, 6.45) is 5.76. The molecule has 1 aromatic carbocycles. The number of halogens is 2. The van der Waals surface area contributed by atoms with Gasteiger partial charge in [-0.15, -0.1) is 0 Å². The fraction of sp³-hybridized carbons (Fsp3) is 0.533. The largest absolute Gasteiger partial charge is 0.351 e. The van der Waals surface area contributed by atoms with Crippen LogP contribution in [-0.2, 0) is 0 Å². The van der Waals surface area contributed by atoms with Gasteiger partial charge in [0.2, 0.25) is 0 Å². The Bertz CT molecular complexity index is 469. The molecule has 0 radical (unpaired) electrons. The second-order valence-corrected chi connectivity index (χ2v) is 5.80. The molecule has 0 atom stereocenters. The third kappa shape index (κ3) is 3.27. The molecule has 1 aliphatic rings. The van der Waals surface area contributed by atoms with Crippen molar-refractivity contribution >= 4 is 17.5 Å². The summed E-state index contributed by atoms with van der Waals surface area (Å²) in [7, 11) is 0. The summed E-state index contributed by atoms with van der Waals surface area (Å²) < 4.78 is 13.6. The third-order valence-electron chi connectivity index (χ3n) is 4.21. The van der Waals surface area contributed by atoms with E-state index in [0.717, 1.165) is 19.3 Å². The normalized spacial score (nSPS) is 17.4. The van der Waals surface area contributed by atoms with Crippen molar-refractivity contribution in [2.45, 2.75) is 39.0 Å². The first-order valence-corrected chi connectivity index (χ1v) is 7.17. The zero-order valence-corrected chi connectivity index (χ0v) is 11.9. The van der Waals surface area contributed by atoms with E-state index < -0.39 is 5.82 Å². The molecule has 0 unspecified atom stereocenters. The Morgan fingerprint density at radius 2 is 2.11 bits per heavy atom. The lowest BCUT2D eigenvalue weighted by Crippen LogP contribution is -2.36. The number of benzene rings is 1. The SMILES string of the molecule is CCC1(CNC(=O)c2cc(Cl)ccc2F)CCCC1. The van der Waals surface area contributed by atoms with E-state index in [-0.39, 0.29) is 16.9 Å². The summed E-state index contributed by atoms with van der Waals surface area (Å²) in [6.45, 7) is 2.77. The molecule has 0 aliphatic heterocycles. The van der Waals surface area contributed by atoms with Crippen LogP contribution in [0.1, 0.15) is 49.4 Å². The smallest absolute Gasteiger partial charge is 0.254 e. The fourth-order valence-corrected chi connectivity index (χ4v) is 2.99. The number of rotatable bonds is 4. The van der Waals surface area contributed by atoms with E-state index in [0.29, 0.717) is 11.6 Å². The van der Waals surface area contributed by atoms with Gasteiger partial charge in [-0.1, -0.05) is 31.4 Å². The first-order chi connectivity index (χ1) is 9.06. The average molecular weight is 284 g/mol. The van der Waals surface area contributed by atoms with Crippen molar-refractivity contribution in [3.63, 3.8) is 0 Å². The summed E-state index contributed by atoms with van der Waals surface area (Å²) in [5.41, 5.74) is 0.224. The zero-order chi connectivity index (χ0) is 13.9. The molecule has 0 saturated heterocycles. The lowest BCUT2D eigenvalue weighted by molar-refractivity contribution is 0.0924. The third-order valence-corrected chi connectivity index (χ3v) is 4.45. The van der Waals surface area contributed by atoms with Gasteiger partial charge in [-0.05, 0) is 42.9 Å². The Morgan fingerprint density at radius 1 is 1.42 bits per heavy atom. The van der Waals surface area contributed by atoms with Gasteiger partial charge < -0.3 is 5.32 Å². The fourth-order valence-electron chi connectivity index (χ4n) is 2.81. The molecule has 104 valence electrons. The van der Waals surface area contributed by atoms with Crippen molar-refractivity contribution in [1.82, 2.24) is 5.32 Å². The topological polar surface area (TPSA) is 29.1 Å². The molecule has 4 heteroatoms. The van der Waals surface area contributed by atoms with E-state index in [4.69, 9.17) is 11.6 Å². The number of carbonyl (C=O) groups excluding carboxylic acids is 1. The second kappa shape index (κ2) is 5.91. The monoisotopic (exact) mass is 283 g/mol. The molecule has 2 rings (SSSR count). The van der Waals surface area contributed by atoms with E-state index in [9.17, 15) is 9.18 Å². The van der Waals surface area contributed by atoms with Crippen molar-refractivity contribution in [2.24, 2.45) is 5.41 Å². The Kier molecular flexibility index (Phi) is 4.46. The van der Waals surface area contributed by atoms with Gasteiger partial charge in [0.25, 0.3) is 5.91 Å². The molecule has 0 spiro atoms. The number of hydrogen-bond acceptors (Lipinski definition) is 1. The number of nitrogens with one attached hydrogen (secondary N) is 1. The Hall–Kier alpha value is -1.09. The van der Waals surface area contributed by atoms with Crippen LogP contribution in [0, 0.1) is 11.2 Å². The number of hydrogen-bond donors (Lipinski definition) is 1. The number of amides is 1. The molecular weight excluding hydrogens is 265 g/mol. The van der Waals surface area contributed by atoms with Crippen molar-refractivity contribution in [3.8, 4) is 0 Å². The predicted molar refractivity (Wildman–Crippen MR) is 74.9 cm³/mol. The Labute approximate surface area is 118 Å². The van der Waals surface area contributed by atoms with Crippen molar-refractivity contribution < 1.29 is 9.18 Å². The van der Waals surface area contributed by atoms with E-state index >= 15 is 0 Å². The molecule has 0 aromatic heterocycles. The Balaban J connectivity index is 2.03. The molecule has 1 N–H and O–H groups in total. The molecular formula is C15H19ClFNO. The van der Waals surface area contributed by atoms with Gasteiger partial charge in [0.05, 0.1) is 5.56 Å². The maximum Gasteiger partial charge on any atom is 0.254 e. The van der Waals surface area contributed by atoms with Gasteiger partial charge in [0, 0.05) is 11.6 Å². The highest BCUT2D eigenvalue weighted by molar-refractivity contribution is 6.30. The van der Waals surface area contributed by atoms with Crippen LogP contribution in [0.3, 0.4) is 0 Å². The average Bonchev–Trinajstić information content (AvgIpc) is 2.88. The lowest BCUT2D eigenvalue weighted by Gasteiger charge is -2.27. The molecule has 1 amide bonds. The van der Waals surface area contributed by atoms with Gasteiger partial charge in [-0.25, -0.2) is 4.39 Å². The molecule has 1 saturated carbocycles. The summed E-state index contributed by atoms with van der Waals surface area (Å²) in [5.74, 6) is -0.904. The summed E-state index contributed by atoms with van der Waals surface area (Å²) in [5, 5.41) is 3.24. The molecule has 0 bridgehead atoms. The first kappa shape index (κ1) is 14.3. The second-order valence-electron chi connectivity index (χ2n) is 5.37. The van der Waals surface area contributed by atoms with Crippen LogP contribution in [0.4, 0.5) is 4.39 Å². The van der Waals surface area contributed by atoms with Crippen LogP contribution in [0.25, 0.3) is 0 Å². The van der Waals surface area contributed by atoms with Crippen LogP contribution >= 0.6 is 11.6 Å². The first-order valence-electron chi connectivity index (χ1n) is 6.79. The molecule has 1 fully saturated rings. The van der Waals surface area contributed by atoms with Crippen molar-refractivity contribution in [2.75, 3.05) is 6.54 Å². The zero-order valence-electron chi connectivity index (χ0n) is 11.1. The summed E-state index contributed by atoms with van der Waals surface area (Å²) in [6, 6.07) is 4.04. The van der Waals surface area contributed by atoms with Gasteiger partial charge >= 0.3 is 0 Å². The van der Waals surface area contributed by atoms with E-state index in [1.807, 2.05) is 0 Å². The molecule has 1 aliphatic carbocycles. The van der Waals surface area contributed by atoms with E-state index in [1.165, 1.54) is 31.0 Å². The van der Waals surface area contributed by atoms with E-state index in [1.54, 1.807) is 0 Å². The Morgan fingerprint density at radius 3 is 2.74 bits per heavy atom. The number of carbonyl (C=O) groups is 1. The highest BCUT2D eigenvalue weighted by atomic mass is 35.5. The molecule has 2 nitrogen and oxygen atoms in total. The minimum atomic E-state index is -0.529. The van der Waals surface area contributed by atoms with Crippen molar-refractivity contribution in [3.05, 3.63) is 34.6 Å². The van der Waals surface area contributed by atoms with Gasteiger partial charge in [0.15, 0.2) is 0 Å². The highest BCUT2D eigenvalue weighted by Crippen LogP contribution is 2.40. The predicted octanol–water partition coefficient (Wildman–Crippen LogP) is 4.18. The summed E-state index contributed by atoms with van der Waals surface area (Å²) in [4.78, 5) is 12.0. The quantitative estimate of drug-likeness (QED) is 0.882. The highest BCUT2D eigenvalue weighted by Gasteiger charge is 2.32. The van der Waals surface area contributed by atoms with Crippen LogP contribution < -0.4 is 5.32 Å². The molecule has 1 aromatic rings. The minimum Gasteiger partial charge on any atom is -0.351 e. The standard InChI is InChI=1S/C15H19ClFNO/c1-2-15(7-3-4-8-15)10-18-14(19)12-9-11(16)5-6-13(12)17/h5-6,9H,2-4,7-8,10H2,1H3,(H,18,19). The minimum absolute atomic E-state index is 0.0248. The summed E-state index contributed by atoms with van der Waals surface area (Å²) >= 11 is 5.80. The maximum absolute atomic E-state index is 13.6. The van der Waals surface area contributed by atoms with Crippen LogP contribution in [0.2, 0.25) is 5.02 Å². The van der Waals surface area contributed by atoms with Crippen LogP contribution in [-0.4, -0.2) is 12.5 Å². The molecule has 19 heavy (non-hydrogen) atoms. The van der Waals surface area contributed by atoms with Gasteiger partial charge in [-0.3, -0.25) is 4.79 Å².